The predicted octanol–water partition coefficient (Wildman–Crippen LogP) is 3.17. The van der Waals surface area contributed by atoms with Crippen LogP contribution < -0.4 is 5.73 Å². The average Bonchev–Trinajstić information content (AvgIpc) is 2.42. The number of rotatable bonds is 2. The smallest absolute Gasteiger partial charge is 0.0731 e. The molecule has 2 fully saturated rings. The molecule has 0 amide bonds. The zero-order chi connectivity index (χ0) is 13.2. The first-order chi connectivity index (χ1) is 9.24. The third-order valence-corrected chi connectivity index (χ3v) is 5.04. The quantitative estimate of drug-likeness (QED) is 0.849. The Morgan fingerprint density at radius 1 is 1.32 bits per heavy atom. The van der Waals surface area contributed by atoms with Crippen LogP contribution in [0.5, 0.6) is 0 Å². The summed E-state index contributed by atoms with van der Waals surface area (Å²) in [7, 11) is 0. The molecule has 1 saturated heterocycles. The van der Waals surface area contributed by atoms with Crippen LogP contribution >= 0.6 is 15.9 Å². The lowest BCUT2D eigenvalue weighted by Crippen LogP contribution is -2.52. The van der Waals surface area contributed by atoms with Gasteiger partial charge in [-0.25, -0.2) is 0 Å². The van der Waals surface area contributed by atoms with Crippen LogP contribution in [0.25, 0.3) is 0 Å². The van der Waals surface area contributed by atoms with Gasteiger partial charge in [-0.3, -0.25) is 4.90 Å². The van der Waals surface area contributed by atoms with Crippen molar-refractivity contribution >= 4 is 21.6 Å². The highest BCUT2D eigenvalue weighted by Crippen LogP contribution is 2.30. The Morgan fingerprint density at radius 2 is 2.16 bits per heavy atom. The summed E-state index contributed by atoms with van der Waals surface area (Å²) in [6, 6.07) is 6.71. The predicted molar refractivity (Wildman–Crippen MR) is 81.0 cm³/mol. The molecule has 1 aromatic carbocycles. The fourth-order valence-corrected chi connectivity index (χ4v) is 3.81. The van der Waals surface area contributed by atoms with Gasteiger partial charge in [0.15, 0.2) is 0 Å². The minimum Gasteiger partial charge on any atom is -0.399 e. The molecule has 2 aliphatic rings. The fourth-order valence-electron chi connectivity index (χ4n) is 3.28. The number of benzene rings is 1. The molecule has 2 atom stereocenters. The van der Waals surface area contributed by atoms with E-state index in [1.807, 2.05) is 12.1 Å². The van der Waals surface area contributed by atoms with Crippen LogP contribution in [0.15, 0.2) is 22.7 Å². The van der Waals surface area contributed by atoms with E-state index in [1.54, 1.807) is 0 Å². The molecule has 1 saturated carbocycles. The average molecular weight is 325 g/mol. The van der Waals surface area contributed by atoms with Crippen LogP contribution in [0.4, 0.5) is 5.69 Å². The van der Waals surface area contributed by atoms with Crippen molar-refractivity contribution in [2.24, 2.45) is 0 Å². The summed E-state index contributed by atoms with van der Waals surface area (Å²) in [4.78, 5) is 2.59. The Labute approximate surface area is 123 Å². The van der Waals surface area contributed by atoms with Crippen molar-refractivity contribution in [2.75, 3.05) is 18.9 Å². The molecule has 1 aromatic rings. The van der Waals surface area contributed by atoms with Gasteiger partial charge in [-0.15, -0.1) is 0 Å². The number of morpholine rings is 1. The third kappa shape index (κ3) is 2.96. The second-order valence-corrected chi connectivity index (χ2v) is 6.44. The molecular formula is C15H21BrN2O. The number of fused-ring (bicyclic) bond motifs is 1. The lowest BCUT2D eigenvalue weighted by atomic mass is 9.90. The van der Waals surface area contributed by atoms with Crippen LogP contribution in [-0.2, 0) is 11.3 Å². The highest BCUT2D eigenvalue weighted by atomic mass is 79.9. The molecule has 0 bridgehead atoms. The number of ether oxygens (including phenoxy) is 1. The third-order valence-electron chi connectivity index (χ3n) is 4.30. The van der Waals surface area contributed by atoms with Gasteiger partial charge in [0.1, 0.15) is 0 Å². The minimum atomic E-state index is 0.454. The van der Waals surface area contributed by atoms with E-state index in [4.69, 9.17) is 10.5 Å². The number of nitrogens with two attached hydrogens (primary N) is 1. The van der Waals surface area contributed by atoms with Crippen LogP contribution in [0.2, 0.25) is 0 Å². The Morgan fingerprint density at radius 3 is 3.00 bits per heavy atom. The van der Waals surface area contributed by atoms with Gasteiger partial charge in [0.25, 0.3) is 0 Å². The molecule has 0 aromatic heterocycles. The van der Waals surface area contributed by atoms with E-state index in [0.717, 1.165) is 29.9 Å². The monoisotopic (exact) mass is 324 g/mol. The van der Waals surface area contributed by atoms with Crippen LogP contribution in [0, 0.1) is 0 Å². The second kappa shape index (κ2) is 5.81. The van der Waals surface area contributed by atoms with E-state index in [-0.39, 0.29) is 0 Å². The van der Waals surface area contributed by atoms with Crippen molar-refractivity contribution in [1.82, 2.24) is 4.90 Å². The Balaban J connectivity index is 1.74. The molecule has 2 unspecified atom stereocenters. The summed E-state index contributed by atoms with van der Waals surface area (Å²) in [5, 5.41) is 0. The maximum atomic E-state index is 5.93. The van der Waals surface area contributed by atoms with Crippen molar-refractivity contribution in [2.45, 2.75) is 44.4 Å². The van der Waals surface area contributed by atoms with Crippen molar-refractivity contribution in [1.29, 1.82) is 0 Å². The topological polar surface area (TPSA) is 38.5 Å². The fraction of sp³-hybridized carbons (Fsp3) is 0.600. The van der Waals surface area contributed by atoms with Gasteiger partial charge in [-0.2, -0.15) is 0 Å². The van der Waals surface area contributed by atoms with E-state index >= 15 is 0 Å². The molecule has 4 heteroatoms. The van der Waals surface area contributed by atoms with Crippen molar-refractivity contribution < 1.29 is 4.74 Å². The SMILES string of the molecule is Nc1ccc(CN2CCOC3CCCCC32)c(Br)c1. The van der Waals surface area contributed by atoms with Crippen LogP contribution in [-0.4, -0.2) is 30.2 Å². The standard InChI is InChI=1S/C15H21BrN2O/c16-13-9-12(17)6-5-11(13)10-18-7-8-19-15-4-2-1-3-14(15)18/h5-6,9,14-15H,1-4,7-8,10,17H2. The maximum absolute atomic E-state index is 5.93. The number of hydrogen-bond acceptors (Lipinski definition) is 3. The molecule has 1 aliphatic heterocycles. The molecule has 3 nitrogen and oxygen atoms in total. The lowest BCUT2D eigenvalue weighted by molar-refractivity contribution is -0.0911. The number of nitrogens with zero attached hydrogens (tertiary/aromatic N) is 1. The first-order valence-electron chi connectivity index (χ1n) is 7.13. The van der Waals surface area contributed by atoms with Crippen molar-refractivity contribution in [3.8, 4) is 0 Å². The minimum absolute atomic E-state index is 0.454. The summed E-state index contributed by atoms with van der Waals surface area (Å²) in [6.45, 7) is 2.90. The van der Waals surface area contributed by atoms with Gasteiger partial charge in [0.05, 0.1) is 12.7 Å². The maximum Gasteiger partial charge on any atom is 0.0731 e. The highest BCUT2D eigenvalue weighted by Gasteiger charge is 2.34. The summed E-state index contributed by atoms with van der Waals surface area (Å²) in [5.74, 6) is 0. The van der Waals surface area contributed by atoms with E-state index in [1.165, 1.54) is 31.2 Å². The first kappa shape index (κ1) is 13.4. The summed E-state index contributed by atoms with van der Waals surface area (Å²) in [5.41, 5.74) is 7.94. The first-order valence-corrected chi connectivity index (χ1v) is 7.93. The van der Waals surface area contributed by atoms with Gasteiger partial charge in [-0.1, -0.05) is 34.8 Å². The molecular weight excluding hydrogens is 304 g/mol. The van der Waals surface area contributed by atoms with Crippen molar-refractivity contribution in [3.63, 3.8) is 0 Å². The number of hydrogen-bond donors (Lipinski definition) is 1. The molecule has 3 rings (SSSR count). The molecule has 1 aliphatic carbocycles. The van der Waals surface area contributed by atoms with Crippen LogP contribution in [0.1, 0.15) is 31.2 Å². The largest absolute Gasteiger partial charge is 0.399 e. The van der Waals surface area contributed by atoms with E-state index < -0.39 is 0 Å². The number of nitrogen functional groups attached to an aromatic ring is 1. The van der Waals surface area contributed by atoms with Gasteiger partial charge in [0, 0.05) is 29.3 Å². The van der Waals surface area contributed by atoms with E-state index in [9.17, 15) is 0 Å². The summed E-state index contributed by atoms with van der Waals surface area (Å²) in [6.07, 6.45) is 5.61. The Hall–Kier alpha value is -0.580. The summed E-state index contributed by atoms with van der Waals surface area (Å²) >= 11 is 3.62. The van der Waals surface area contributed by atoms with Crippen molar-refractivity contribution in [3.05, 3.63) is 28.2 Å². The second-order valence-electron chi connectivity index (χ2n) is 5.58. The zero-order valence-electron chi connectivity index (χ0n) is 11.1. The van der Waals surface area contributed by atoms with Gasteiger partial charge in [-0.05, 0) is 30.5 Å². The van der Waals surface area contributed by atoms with E-state index in [2.05, 4.69) is 26.9 Å². The Bertz CT molecular complexity index is 450. The van der Waals surface area contributed by atoms with Gasteiger partial charge in [0.2, 0.25) is 0 Å². The molecule has 0 radical (unpaired) electrons. The number of anilines is 1. The molecule has 2 N–H and O–H groups in total. The molecule has 19 heavy (non-hydrogen) atoms. The normalized spacial score (nSPS) is 28.1. The van der Waals surface area contributed by atoms with Crippen LogP contribution in [0.3, 0.4) is 0 Å². The lowest BCUT2D eigenvalue weighted by Gasteiger charge is -2.44. The molecule has 0 spiro atoms. The molecule has 1 heterocycles. The van der Waals surface area contributed by atoms with Gasteiger partial charge >= 0.3 is 0 Å². The summed E-state index contributed by atoms with van der Waals surface area (Å²) < 4.78 is 7.04. The van der Waals surface area contributed by atoms with Gasteiger partial charge < -0.3 is 10.5 Å². The highest BCUT2D eigenvalue weighted by molar-refractivity contribution is 9.10. The zero-order valence-corrected chi connectivity index (χ0v) is 12.7. The van der Waals surface area contributed by atoms with E-state index in [0.29, 0.717) is 12.1 Å². The Kier molecular flexibility index (Phi) is 4.10. The number of halogens is 1. The molecule has 104 valence electrons.